The van der Waals surface area contributed by atoms with Gasteiger partial charge in [0.2, 0.25) is 0 Å². The maximum absolute atomic E-state index is 12.4. The van der Waals surface area contributed by atoms with E-state index < -0.39 is 12.1 Å². The Morgan fingerprint density at radius 3 is 2.32 bits per heavy atom. The number of ether oxygens (including phenoxy) is 2. The molecule has 0 spiro atoms. The first kappa shape index (κ1) is 17.7. The number of nitrogens with one attached hydrogen (secondary N) is 1. The number of anilines is 1. The summed E-state index contributed by atoms with van der Waals surface area (Å²) in [5.74, 6) is -0.612. The van der Waals surface area contributed by atoms with Crippen molar-refractivity contribution in [1.82, 2.24) is 4.90 Å². The molecule has 2 amide bonds. The van der Waals surface area contributed by atoms with E-state index in [1.165, 1.54) is 0 Å². The number of benzene rings is 2. The summed E-state index contributed by atoms with van der Waals surface area (Å²) in [6.45, 7) is -0.000355. The highest BCUT2D eigenvalue weighted by Crippen LogP contribution is 2.25. The zero-order valence-corrected chi connectivity index (χ0v) is 15.0. The molecule has 8 nitrogen and oxygen atoms in total. The molecule has 0 bridgehead atoms. The van der Waals surface area contributed by atoms with Gasteiger partial charge in [-0.05, 0) is 36.4 Å². The first-order valence-electron chi connectivity index (χ1n) is 8.69. The molecule has 1 atom stereocenters. The lowest BCUT2D eigenvalue weighted by Gasteiger charge is -2.17. The summed E-state index contributed by atoms with van der Waals surface area (Å²) in [6, 6.07) is 13.7. The molecule has 2 aliphatic heterocycles. The van der Waals surface area contributed by atoms with E-state index in [9.17, 15) is 14.4 Å². The van der Waals surface area contributed by atoms with E-state index in [0.29, 0.717) is 22.6 Å². The fourth-order valence-electron chi connectivity index (χ4n) is 3.16. The van der Waals surface area contributed by atoms with Gasteiger partial charge >= 0.3 is 5.97 Å². The Balaban J connectivity index is 1.41. The number of carbonyl (C=O) groups is 3. The van der Waals surface area contributed by atoms with Crippen molar-refractivity contribution in [1.29, 1.82) is 0 Å². The molecule has 8 heteroatoms. The lowest BCUT2D eigenvalue weighted by atomic mass is 10.1. The Hall–Kier alpha value is -3.68. The van der Waals surface area contributed by atoms with Crippen LogP contribution in [0.4, 0.5) is 5.69 Å². The smallest absolute Gasteiger partial charge is 0.354 e. The lowest BCUT2D eigenvalue weighted by Crippen LogP contribution is -2.36. The van der Waals surface area contributed by atoms with Crippen molar-refractivity contribution in [2.45, 2.75) is 12.5 Å². The van der Waals surface area contributed by atoms with Gasteiger partial charge in [0.1, 0.15) is 17.6 Å². The van der Waals surface area contributed by atoms with E-state index in [1.807, 2.05) is 0 Å². The van der Waals surface area contributed by atoms with Crippen LogP contribution in [0, 0.1) is 0 Å². The molecule has 2 aliphatic rings. The largest absolute Gasteiger partial charge is 0.497 e. The SMILES string of the molecule is COc1ccc(NN=C2CC(CN3C(=O)c4ccccc4C3=O)OC2=O)cc1. The molecule has 1 unspecified atom stereocenters. The first-order chi connectivity index (χ1) is 13.6. The van der Waals surface area contributed by atoms with Crippen LogP contribution < -0.4 is 10.2 Å². The Labute approximate surface area is 160 Å². The number of esters is 1. The number of nitrogens with zero attached hydrogens (tertiary/aromatic N) is 2. The Morgan fingerprint density at radius 2 is 1.71 bits per heavy atom. The van der Waals surface area contributed by atoms with Crippen LogP contribution in [-0.2, 0) is 9.53 Å². The molecular weight excluding hydrogens is 362 g/mol. The first-order valence-corrected chi connectivity index (χ1v) is 8.69. The standard InChI is InChI=1S/C20H17N3O5/c1-27-13-8-6-12(7-9-13)21-22-17-10-14(28-20(17)26)11-23-18(24)15-4-2-3-5-16(15)19(23)25/h2-9,14,21H,10-11H2,1H3. The monoisotopic (exact) mass is 379 g/mol. The van der Waals surface area contributed by atoms with E-state index in [4.69, 9.17) is 9.47 Å². The molecule has 0 aliphatic carbocycles. The second-order valence-corrected chi connectivity index (χ2v) is 6.40. The molecule has 28 heavy (non-hydrogen) atoms. The summed E-state index contributed by atoms with van der Waals surface area (Å²) in [6.07, 6.45) is -0.416. The van der Waals surface area contributed by atoms with E-state index in [2.05, 4.69) is 10.5 Å². The average molecular weight is 379 g/mol. The summed E-state index contributed by atoms with van der Waals surface area (Å²) in [5, 5.41) is 4.10. The lowest BCUT2D eigenvalue weighted by molar-refractivity contribution is -0.137. The van der Waals surface area contributed by atoms with Crippen LogP contribution >= 0.6 is 0 Å². The quantitative estimate of drug-likeness (QED) is 0.485. The van der Waals surface area contributed by atoms with Gasteiger partial charge in [-0.1, -0.05) is 12.1 Å². The second-order valence-electron chi connectivity index (χ2n) is 6.40. The summed E-state index contributed by atoms with van der Waals surface area (Å²) < 4.78 is 10.4. The van der Waals surface area contributed by atoms with Crippen molar-refractivity contribution in [2.24, 2.45) is 5.10 Å². The van der Waals surface area contributed by atoms with Gasteiger partial charge in [0.25, 0.3) is 11.8 Å². The van der Waals surface area contributed by atoms with Gasteiger partial charge in [0.05, 0.1) is 30.5 Å². The Kier molecular flexibility index (Phi) is 4.52. The van der Waals surface area contributed by atoms with Gasteiger partial charge in [-0.25, -0.2) is 4.79 Å². The predicted octanol–water partition coefficient (Wildman–Crippen LogP) is 2.07. The van der Waals surface area contributed by atoms with Crippen LogP contribution in [0.1, 0.15) is 27.1 Å². The van der Waals surface area contributed by atoms with E-state index in [-0.39, 0.29) is 30.5 Å². The highest BCUT2D eigenvalue weighted by atomic mass is 16.6. The minimum absolute atomic E-state index is 0.000355. The number of methoxy groups -OCH3 is 1. The molecule has 0 saturated carbocycles. The number of imide groups is 1. The Bertz CT molecular complexity index is 949. The summed E-state index contributed by atoms with van der Waals surface area (Å²) in [4.78, 5) is 38.0. The number of rotatable bonds is 5. The van der Waals surface area contributed by atoms with Crippen LogP contribution in [0.3, 0.4) is 0 Å². The van der Waals surface area contributed by atoms with Crippen molar-refractivity contribution < 1.29 is 23.9 Å². The van der Waals surface area contributed by atoms with Crippen molar-refractivity contribution in [3.8, 4) is 5.75 Å². The van der Waals surface area contributed by atoms with Gasteiger partial charge in [-0.2, -0.15) is 5.10 Å². The molecule has 142 valence electrons. The highest BCUT2D eigenvalue weighted by Gasteiger charge is 2.40. The van der Waals surface area contributed by atoms with E-state index in [0.717, 1.165) is 4.90 Å². The number of hydrogen-bond acceptors (Lipinski definition) is 7. The van der Waals surface area contributed by atoms with Crippen LogP contribution in [0.5, 0.6) is 5.75 Å². The van der Waals surface area contributed by atoms with Gasteiger partial charge in [0.15, 0.2) is 0 Å². The number of carbonyl (C=O) groups excluding carboxylic acids is 3. The predicted molar refractivity (Wildman–Crippen MR) is 100 cm³/mol. The highest BCUT2D eigenvalue weighted by molar-refractivity contribution is 6.38. The van der Waals surface area contributed by atoms with Gasteiger partial charge in [-0.15, -0.1) is 0 Å². The summed E-state index contributed by atoms with van der Waals surface area (Å²) in [7, 11) is 1.58. The maximum Gasteiger partial charge on any atom is 0.354 e. The fraction of sp³-hybridized carbons (Fsp3) is 0.200. The fourth-order valence-corrected chi connectivity index (χ4v) is 3.16. The van der Waals surface area contributed by atoms with Crippen LogP contribution in [0.15, 0.2) is 53.6 Å². The third kappa shape index (κ3) is 3.20. The molecule has 1 saturated heterocycles. The molecule has 2 heterocycles. The van der Waals surface area contributed by atoms with Crippen LogP contribution in [-0.4, -0.2) is 48.2 Å². The van der Waals surface area contributed by atoms with E-state index >= 15 is 0 Å². The molecule has 2 aromatic carbocycles. The zero-order valence-electron chi connectivity index (χ0n) is 15.0. The number of amides is 2. The number of cyclic esters (lactones) is 1. The van der Waals surface area contributed by atoms with Crippen molar-refractivity contribution in [2.75, 3.05) is 19.1 Å². The van der Waals surface area contributed by atoms with Crippen molar-refractivity contribution >= 4 is 29.2 Å². The van der Waals surface area contributed by atoms with E-state index in [1.54, 1.807) is 55.6 Å². The molecule has 0 radical (unpaired) electrons. The normalized spacial score (nSPS) is 19.8. The number of hydrogen-bond donors (Lipinski definition) is 1. The van der Waals surface area contributed by atoms with Crippen LogP contribution in [0.2, 0.25) is 0 Å². The third-order valence-electron chi connectivity index (χ3n) is 4.60. The Morgan fingerprint density at radius 1 is 1.07 bits per heavy atom. The number of hydrazone groups is 1. The minimum Gasteiger partial charge on any atom is -0.497 e. The molecule has 1 N–H and O–H groups in total. The molecule has 2 aromatic rings. The molecule has 1 fully saturated rings. The third-order valence-corrected chi connectivity index (χ3v) is 4.60. The molecule has 0 aromatic heterocycles. The summed E-state index contributed by atoms with van der Waals surface area (Å²) in [5.41, 5.74) is 4.42. The van der Waals surface area contributed by atoms with Gasteiger partial charge < -0.3 is 9.47 Å². The molecular formula is C20H17N3O5. The van der Waals surface area contributed by atoms with Crippen LogP contribution in [0.25, 0.3) is 0 Å². The topological polar surface area (TPSA) is 97.3 Å². The minimum atomic E-state index is -0.619. The summed E-state index contributed by atoms with van der Waals surface area (Å²) >= 11 is 0. The number of fused-ring (bicyclic) bond motifs is 1. The average Bonchev–Trinajstić information content (AvgIpc) is 3.19. The zero-order chi connectivity index (χ0) is 19.7. The van der Waals surface area contributed by atoms with Gasteiger partial charge in [-0.3, -0.25) is 19.9 Å². The van der Waals surface area contributed by atoms with Gasteiger partial charge in [0, 0.05) is 6.42 Å². The molecule has 4 rings (SSSR count). The van der Waals surface area contributed by atoms with Crippen molar-refractivity contribution in [3.05, 3.63) is 59.7 Å². The maximum atomic E-state index is 12.4. The second kappa shape index (κ2) is 7.15. The van der Waals surface area contributed by atoms with Crippen molar-refractivity contribution in [3.63, 3.8) is 0 Å².